The molecule has 0 fully saturated rings. The molecule has 0 unspecified atom stereocenters. The van der Waals surface area contributed by atoms with Gasteiger partial charge in [-0.3, -0.25) is 9.59 Å². The van der Waals surface area contributed by atoms with E-state index in [4.69, 9.17) is 9.15 Å². The maximum Gasteiger partial charge on any atom is 0.242 e. The molecule has 2 heterocycles. The SMILES string of the molecule is COCCN(CC(=O)N(Cc1ccco1)Cc1cccn1C)C(=O)C(c1ccccc1)c1ccccc1. The standard InChI is InChI=1S/C30H33N3O4/c1-31-17-9-15-26(31)21-33(22-27-16-10-19-37-27)28(34)23-32(18-20-36-2)30(35)29(24-11-5-3-6-12-24)25-13-7-4-8-14-25/h3-17,19,29H,18,20-23H2,1-2H3. The lowest BCUT2D eigenvalue weighted by Crippen LogP contribution is -2.45. The Hall–Kier alpha value is -4.10. The summed E-state index contributed by atoms with van der Waals surface area (Å²) in [6.07, 6.45) is 3.54. The summed E-state index contributed by atoms with van der Waals surface area (Å²) in [7, 11) is 3.54. The zero-order chi connectivity index (χ0) is 26.0. The Balaban J connectivity index is 1.61. The number of aromatic nitrogens is 1. The van der Waals surface area contributed by atoms with Crippen LogP contribution in [0.2, 0.25) is 0 Å². The van der Waals surface area contributed by atoms with Gasteiger partial charge in [-0.25, -0.2) is 0 Å². The first-order valence-electron chi connectivity index (χ1n) is 12.3. The number of amides is 2. The highest BCUT2D eigenvalue weighted by Crippen LogP contribution is 2.27. The summed E-state index contributed by atoms with van der Waals surface area (Å²) < 4.78 is 12.8. The highest BCUT2D eigenvalue weighted by Gasteiger charge is 2.30. The van der Waals surface area contributed by atoms with Crippen molar-refractivity contribution >= 4 is 11.8 Å². The van der Waals surface area contributed by atoms with Crippen molar-refractivity contribution in [2.75, 3.05) is 26.8 Å². The normalized spacial score (nSPS) is 11.0. The van der Waals surface area contributed by atoms with Crippen molar-refractivity contribution in [3.63, 3.8) is 0 Å². The molecule has 7 heteroatoms. The summed E-state index contributed by atoms with van der Waals surface area (Å²) in [6.45, 7) is 1.27. The van der Waals surface area contributed by atoms with Gasteiger partial charge in [0.05, 0.1) is 38.4 Å². The molecule has 7 nitrogen and oxygen atoms in total. The van der Waals surface area contributed by atoms with E-state index in [2.05, 4.69) is 0 Å². The van der Waals surface area contributed by atoms with Crippen molar-refractivity contribution in [3.05, 3.63) is 120 Å². The van der Waals surface area contributed by atoms with Crippen LogP contribution in [-0.4, -0.2) is 53.0 Å². The van der Waals surface area contributed by atoms with Gasteiger partial charge in [0.2, 0.25) is 11.8 Å². The molecule has 0 spiro atoms. The van der Waals surface area contributed by atoms with Crippen LogP contribution in [0, 0.1) is 0 Å². The summed E-state index contributed by atoms with van der Waals surface area (Å²) >= 11 is 0. The van der Waals surface area contributed by atoms with Crippen molar-refractivity contribution in [3.8, 4) is 0 Å². The Labute approximate surface area is 217 Å². The van der Waals surface area contributed by atoms with Gasteiger partial charge in [-0.1, -0.05) is 60.7 Å². The first kappa shape index (κ1) is 26.0. The van der Waals surface area contributed by atoms with Crippen LogP contribution in [0.3, 0.4) is 0 Å². The van der Waals surface area contributed by atoms with E-state index in [1.165, 1.54) is 0 Å². The van der Waals surface area contributed by atoms with Crippen LogP contribution in [0.1, 0.15) is 28.5 Å². The van der Waals surface area contributed by atoms with Crippen LogP contribution < -0.4 is 0 Å². The monoisotopic (exact) mass is 499 g/mol. The van der Waals surface area contributed by atoms with Gasteiger partial charge in [0.15, 0.2) is 0 Å². The molecule has 0 atom stereocenters. The third-order valence-electron chi connectivity index (χ3n) is 6.40. The van der Waals surface area contributed by atoms with E-state index >= 15 is 0 Å². The minimum Gasteiger partial charge on any atom is -0.467 e. The first-order chi connectivity index (χ1) is 18.1. The molecule has 192 valence electrons. The minimum absolute atomic E-state index is 0.0660. The number of benzene rings is 2. The van der Waals surface area contributed by atoms with Crippen LogP contribution in [0.25, 0.3) is 0 Å². The number of carbonyl (C=O) groups excluding carboxylic acids is 2. The molecule has 0 radical (unpaired) electrons. The predicted octanol–water partition coefficient (Wildman–Crippen LogP) is 4.45. The molecule has 0 aliphatic carbocycles. The molecule has 37 heavy (non-hydrogen) atoms. The van der Waals surface area contributed by atoms with E-state index in [0.29, 0.717) is 32.0 Å². The zero-order valence-corrected chi connectivity index (χ0v) is 21.3. The number of ether oxygens (including phenoxy) is 1. The number of methoxy groups -OCH3 is 1. The minimum atomic E-state index is -0.529. The fraction of sp³-hybridized carbons (Fsp3) is 0.267. The zero-order valence-electron chi connectivity index (χ0n) is 21.3. The van der Waals surface area contributed by atoms with E-state index in [-0.39, 0.29) is 18.4 Å². The molecule has 0 saturated heterocycles. The third-order valence-corrected chi connectivity index (χ3v) is 6.40. The molecule has 0 aliphatic heterocycles. The van der Waals surface area contributed by atoms with E-state index in [1.807, 2.05) is 96.7 Å². The Morgan fingerprint density at radius 3 is 2.08 bits per heavy atom. The lowest BCUT2D eigenvalue weighted by atomic mass is 9.90. The van der Waals surface area contributed by atoms with Crippen molar-refractivity contribution in [2.45, 2.75) is 19.0 Å². The van der Waals surface area contributed by atoms with Crippen molar-refractivity contribution < 1.29 is 18.7 Å². The summed E-state index contributed by atoms with van der Waals surface area (Å²) in [5.41, 5.74) is 2.75. The average molecular weight is 500 g/mol. The van der Waals surface area contributed by atoms with E-state index in [9.17, 15) is 9.59 Å². The number of carbonyl (C=O) groups is 2. The molecule has 4 rings (SSSR count). The number of hydrogen-bond donors (Lipinski definition) is 0. The van der Waals surface area contributed by atoms with Crippen molar-refractivity contribution in [2.24, 2.45) is 7.05 Å². The number of nitrogens with zero attached hydrogens (tertiary/aromatic N) is 3. The van der Waals surface area contributed by atoms with Crippen LogP contribution in [0.15, 0.2) is 102 Å². The Bertz CT molecular complexity index is 1210. The van der Waals surface area contributed by atoms with Crippen LogP contribution >= 0.6 is 0 Å². The molecule has 2 aromatic heterocycles. The molecule has 0 saturated carbocycles. The largest absolute Gasteiger partial charge is 0.467 e. The fourth-order valence-corrected chi connectivity index (χ4v) is 4.36. The second-order valence-corrected chi connectivity index (χ2v) is 8.95. The van der Waals surface area contributed by atoms with Gasteiger partial charge in [-0.15, -0.1) is 0 Å². The van der Waals surface area contributed by atoms with Gasteiger partial charge in [0.25, 0.3) is 0 Å². The summed E-state index contributed by atoms with van der Waals surface area (Å²) in [5, 5.41) is 0. The van der Waals surface area contributed by atoms with Gasteiger partial charge in [-0.05, 0) is 35.4 Å². The lowest BCUT2D eigenvalue weighted by Gasteiger charge is -2.30. The topological polar surface area (TPSA) is 67.9 Å². The molecule has 0 aliphatic rings. The van der Waals surface area contributed by atoms with E-state index < -0.39 is 5.92 Å². The third kappa shape index (κ3) is 6.77. The molecule has 2 amide bonds. The highest BCUT2D eigenvalue weighted by molar-refractivity contribution is 5.91. The van der Waals surface area contributed by atoms with Crippen LogP contribution in [0.5, 0.6) is 0 Å². The number of furan rings is 1. The van der Waals surface area contributed by atoms with Crippen molar-refractivity contribution in [1.29, 1.82) is 0 Å². The average Bonchev–Trinajstić information content (AvgIpc) is 3.59. The number of rotatable bonds is 12. The maximum atomic E-state index is 14.1. The molecule has 2 aromatic carbocycles. The Kier molecular flexibility index (Phi) is 8.94. The lowest BCUT2D eigenvalue weighted by molar-refractivity contribution is -0.142. The van der Waals surface area contributed by atoms with Gasteiger partial charge in [0.1, 0.15) is 5.76 Å². The summed E-state index contributed by atoms with van der Waals surface area (Å²) in [6, 6.07) is 26.9. The maximum absolute atomic E-state index is 14.1. The predicted molar refractivity (Wildman–Crippen MR) is 142 cm³/mol. The smallest absolute Gasteiger partial charge is 0.242 e. The van der Waals surface area contributed by atoms with Crippen molar-refractivity contribution in [1.82, 2.24) is 14.4 Å². The Morgan fingerprint density at radius 2 is 1.54 bits per heavy atom. The van der Waals surface area contributed by atoms with E-state index in [1.54, 1.807) is 29.2 Å². The molecular weight excluding hydrogens is 466 g/mol. The van der Waals surface area contributed by atoms with Crippen LogP contribution in [-0.2, 0) is 34.5 Å². The highest BCUT2D eigenvalue weighted by atomic mass is 16.5. The number of hydrogen-bond acceptors (Lipinski definition) is 4. The second kappa shape index (κ2) is 12.7. The number of aryl methyl sites for hydroxylation is 1. The van der Waals surface area contributed by atoms with Gasteiger partial charge in [0, 0.05) is 32.6 Å². The van der Waals surface area contributed by atoms with Crippen LogP contribution in [0.4, 0.5) is 0 Å². The summed E-state index contributed by atoms with van der Waals surface area (Å²) in [4.78, 5) is 31.1. The Morgan fingerprint density at radius 1 is 0.865 bits per heavy atom. The quantitative estimate of drug-likeness (QED) is 0.289. The van der Waals surface area contributed by atoms with Gasteiger partial charge >= 0.3 is 0 Å². The summed E-state index contributed by atoms with van der Waals surface area (Å²) in [5.74, 6) is -0.149. The van der Waals surface area contributed by atoms with E-state index in [0.717, 1.165) is 16.8 Å². The first-order valence-corrected chi connectivity index (χ1v) is 12.3. The molecule has 0 bridgehead atoms. The molecule has 4 aromatic rings. The fourth-order valence-electron chi connectivity index (χ4n) is 4.36. The molecular formula is C30H33N3O4. The van der Waals surface area contributed by atoms with Gasteiger partial charge < -0.3 is 23.5 Å². The second-order valence-electron chi connectivity index (χ2n) is 8.95. The molecule has 0 N–H and O–H groups in total. The van der Waals surface area contributed by atoms with Gasteiger partial charge in [-0.2, -0.15) is 0 Å².